The van der Waals surface area contributed by atoms with E-state index in [1.807, 2.05) is 0 Å². The Morgan fingerprint density at radius 3 is 2.46 bits per heavy atom. The van der Waals surface area contributed by atoms with E-state index in [4.69, 9.17) is 9.47 Å². The number of nitrogens with zero attached hydrogens (tertiary/aromatic N) is 2. The summed E-state index contributed by atoms with van der Waals surface area (Å²) in [6, 6.07) is -0.696. The number of nitrogens with one attached hydrogen (secondary N) is 1. The fourth-order valence-electron chi connectivity index (χ4n) is 4.07. The maximum Gasteiger partial charge on any atom is 0.410 e. The lowest BCUT2D eigenvalue weighted by atomic mass is 9.92. The van der Waals surface area contributed by atoms with Crippen LogP contribution in [0.5, 0.6) is 0 Å². The molecule has 4 fully saturated rings. The molecule has 4 aliphatic rings. The Bertz CT molecular complexity index is 646. The van der Waals surface area contributed by atoms with Crippen molar-refractivity contribution >= 4 is 22.0 Å². The van der Waals surface area contributed by atoms with Gasteiger partial charge in [-0.05, 0) is 32.1 Å². The largest absolute Gasteiger partial charge is 0.439 e. The van der Waals surface area contributed by atoms with Crippen LogP contribution < -0.4 is 4.72 Å². The maximum absolute atomic E-state index is 12.5. The number of amides is 2. The minimum Gasteiger partial charge on any atom is -0.439 e. The van der Waals surface area contributed by atoms with Crippen LogP contribution in [-0.2, 0) is 24.3 Å². The van der Waals surface area contributed by atoms with Crippen LogP contribution in [0.2, 0.25) is 0 Å². The summed E-state index contributed by atoms with van der Waals surface area (Å²) in [4.78, 5) is 27.9. The SMILES string of the molecule is CN1C(=O)OCC(=O)N2CC[C@H](NS(C)(=O)=O)C2COC2CCC1CC2. The van der Waals surface area contributed by atoms with Gasteiger partial charge in [0, 0.05) is 25.7 Å². The molecule has 2 atom stereocenters. The van der Waals surface area contributed by atoms with Gasteiger partial charge >= 0.3 is 6.09 Å². The molecule has 0 aromatic heterocycles. The van der Waals surface area contributed by atoms with Crippen LogP contribution >= 0.6 is 0 Å². The highest BCUT2D eigenvalue weighted by Gasteiger charge is 2.40. The molecule has 2 bridgehead atoms. The van der Waals surface area contributed by atoms with Crippen LogP contribution in [0.25, 0.3) is 0 Å². The van der Waals surface area contributed by atoms with Gasteiger partial charge < -0.3 is 19.3 Å². The molecule has 3 aliphatic heterocycles. The van der Waals surface area contributed by atoms with E-state index in [1.165, 1.54) is 0 Å². The Kier molecular flexibility index (Phi) is 5.73. The third kappa shape index (κ3) is 4.47. The van der Waals surface area contributed by atoms with Crippen molar-refractivity contribution in [3.05, 3.63) is 0 Å². The highest BCUT2D eigenvalue weighted by atomic mass is 32.2. The zero-order valence-corrected chi connectivity index (χ0v) is 16.0. The van der Waals surface area contributed by atoms with E-state index in [0.29, 0.717) is 13.0 Å². The van der Waals surface area contributed by atoms with E-state index in [-0.39, 0.29) is 31.3 Å². The molecule has 2 amide bonds. The van der Waals surface area contributed by atoms with Crippen molar-refractivity contribution in [1.82, 2.24) is 14.5 Å². The summed E-state index contributed by atoms with van der Waals surface area (Å²) in [6.45, 7) is 0.334. The lowest BCUT2D eigenvalue weighted by molar-refractivity contribution is -0.137. The highest BCUT2D eigenvalue weighted by molar-refractivity contribution is 7.88. The van der Waals surface area contributed by atoms with Crippen molar-refractivity contribution in [2.45, 2.75) is 56.3 Å². The molecule has 0 aromatic rings. The van der Waals surface area contributed by atoms with Crippen molar-refractivity contribution in [3.8, 4) is 0 Å². The minimum atomic E-state index is -3.39. The first-order valence-corrected chi connectivity index (χ1v) is 10.9. The predicted octanol–water partition coefficient (Wildman–Crippen LogP) is -0.0851. The lowest BCUT2D eigenvalue weighted by Crippen LogP contribution is -2.50. The van der Waals surface area contributed by atoms with Crippen molar-refractivity contribution in [2.75, 3.05) is 33.1 Å². The Balaban J connectivity index is 1.78. The van der Waals surface area contributed by atoms with Gasteiger partial charge in [-0.1, -0.05) is 0 Å². The monoisotopic (exact) mass is 389 g/mol. The van der Waals surface area contributed by atoms with Crippen molar-refractivity contribution < 1.29 is 27.5 Å². The minimum absolute atomic E-state index is 0.0628. The normalized spacial score (nSPS) is 33.9. The van der Waals surface area contributed by atoms with Crippen LogP contribution in [0.15, 0.2) is 0 Å². The average Bonchev–Trinajstić information content (AvgIpc) is 2.97. The molecule has 1 saturated carbocycles. The molecule has 0 radical (unpaired) electrons. The Morgan fingerprint density at radius 1 is 1.12 bits per heavy atom. The van der Waals surface area contributed by atoms with E-state index in [9.17, 15) is 18.0 Å². The average molecular weight is 389 g/mol. The second kappa shape index (κ2) is 7.69. The van der Waals surface area contributed by atoms with E-state index in [2.05, 4.69) is 4.72 Å². The molecule has 3 heterocycles. The molecule has 1 unspecified atom stereocenters. The summed E-state index contributed by atoms with van der Waals surface area (Å²) < 4.78 is 37.1. The molecule has 0 aromatic carbocycles. The first-order chi connectivity index (χ1) is 12.2. The van der Waals surface area contributed by atoms with E-state index < -0.39 is 28.2 Å². The highest BCUT2D eigenvalue weighted by Crippen LogP contribution is 2.27. The molecule has 0 spiro atoms. The Labute approximate surface area is 154 Å². The van der Waals surface area contributed by atoms with Crippen LogP contribution in [0, 0.1) is 0 Å². The van der Waals surface area contributed by atoms with Crippen LogP contribution in [0.4, 0.5) is 4.79 Å². The maximum atomic E-state index is 12.5. The predicted molar refractivity (Wildman–Crippen MR) is 93.0 cm³/mol. The second-order valence-corrected chi connectivity index (χ2v) is 9.15. The van der Waals surface area contributed by atoms with Gasteiger partial charge in [0.05, 0.1) is 25.0 Å². The van der Waals surface area contributed by atoms with Gasteiger partial charge in [0.1, 0.15) is 0 Å². The van der Waals surface area contributed by atoms with Crippen molar-refractivity contribution in [1.29, 1.82) is 0 Å². The van der Waals surface area contributed by atoms with Gasteiger partial charge in [0.25, 0.3) is 5.91 Å². The zero-order chi connectivity index (χ0) is 18.9. The van der Waals surface area contributed by atoms with Crippen LogP contribution in [0.1, 0.15) is 32.1 Å². The summed E-state index contributed by atoms with van der Waals surface area (Å²) in [5.74, 6) is -0.329. The summed E-state index contributed by atoms with van der Waals surface area (Å²) in [6.07, 6.45) is 4.48. The second-order valence-electron chi connectivity index (χ2n) is 7.37. The van der Waals surface area contributed by atoms with Gasteiger partial charge in [-0.2, -0.15) is 0 Å². The zero-order valence-electron chi connectivity index (χ0n) is 15.2. The molecule has 4 rings (SSSR count). The molecule has 26 heavy (non-hydrogen) atoms. The topological polar surface area (TPSA) is 105 Å². The molecule has 1 N–H and O–H groups in total. The quantitative estimate of drug-likeness (QED) is 0.708. The van der Waals surface area contributed by atoms with Gasteiger partial charge in [0.2, 0.25) is 10.0 Å². The molecular weight excluding hydrogens is 362 g/mol. The Hall–Kier alpha value is -1.39. The number of rotatable bonds is 2. The van der Waals surface area contributed by atoms with Crippen molar-refractivity contribution in [3.63, 3.8) is 0 Å². The molecule has 3 saturated heterocycles. The number of hydrogen-bond acceptors (Lipinski definition) is 6. The van der Waals surface area contributed by atoms with E-state index in [1.54, 1.807) is 16.8 Å². The molecule has 10 heteroatoms. The van der Waals surface area contributed by atoms with Crippen LogP contribution in [0.3, 0.4) is 0 Å². The molecule has 1 aliphatic carbocycles. The number of carbonyl (C=O) groups excluding carboxylic acids is 2. The van der Waals surface area contributed by atoms with Crippen LogP contribution in [-0.4, -0.2) is 87.5 Å². The fraction of sp³-hybridized carbons (Fsp3) is 0.875. The van der Waals surface area contributed by atoms with Gasteiger partial charge in [-0.15, -0.1) is 0 Å². The van der Waals surface area contributed by atoms with Gasteiger partial charge in [-0.3, -0.25) is 4.79 Å². The summed E-state index contributed by atoms with van der Waals surface area (Å²) >= 11 is 0. The third-order valence-electron chi connectivity index (χ3n) is 5.53. The fourth-order valence-corrected chi connectivity index (χ4v) is 4.90. The summed E-state index contributed by atoms with van der Waals surface area (Å²) in [7, 11) is -1.70. The summed E-state index contributed by atoms with van der Waals surface area (Å²) in [5, 5.41) is 0. The van der Waals surface area contributed by atoms with Gasteiger partial charge in [-0.25, -0.2) is 17.9 Å². The smallest absolute Gasteiger partial charge is 0.410 e. The summed E-state index contributed by atoms with van der Waals surface area (Å²) in [5.41, 5.74) is 0. The lowest BCUT2D eigenvalue weighted by Gasteiger charge is -2.34. The van der Waals surface area contributed by atoms with E-state index in [0.717, 1.165) is 31.9 Å². The first kappa shape index (κ1) is 19.4. The number of sulfonamides is 1. The third-order valence-corrected chi connectivity index (χ3v) is 6.26. The number of fused-ring (bicyclic) bond motifs is 7. The standard InChI is InChI=1S/C16H27N3O6S/c1-18-11-3-5-12(6-4-11)24-9-14-13(17-26(2,22)23)7-8-19(14)15(20)10-25-16(18)21/h11-14,17H,3-10H2,1-2H3/t11?,12?,13-,14?/m0/s1. The molecule has 148 valence electrons. The van der Waals surface area contributed by atoms with E-state index >= 15 is 0 Å². The first-order valence-electron chi connectivity index (χ1n) is 9.02. The van der Waals surface area contributed by atoms with Gasteiger partial charge in [0.15, 0.2) is 6.61 Å². The Morgan fingerprint density at radius 2 is 1.81 bits per heavy atom. The number of hydrogen-bond donors (Lipinski definition) is 1. The molecular formula is C16H27N3O6S. The van der Waals surface area contributed by atoms with Crippen molar-refractivity contribution in [2.24, 2.45) is 0 Å². The number of carbonyl (C=O) groups is 2. The number of ether oxygens (including phenoxy) is 2. The molecule has 9 nitrogen and oxygen atoms in total.